The molecular weight excluding hydrogens is 294 g/mol. The zero-order valence-corrected chi connectivity index (χ0v) is 14.9. The number of carbonyl (C=O) groups excluding carboxylic acids is 1. The molecule has 0 spiro atoms. The molecule has 0 bridgehead atoms. The zero-order valence-electron chi connectivity index (χ0n) is 14.9. The lowest BCUT2D eigenvalue weighted by atomic mass is 9.91. The minimum absolute atomic E-state index is 0.305. The Bertz CT molecular complexity index is 538. The molecule has 1 aliphatic rings. The summed E-state index contributed by atoms with van der Waals surface area (Å²) in [5.74, 6) is 0.424. The highest BCUT2D eigenvalue weighted by atomic mass is 16.6. The second-order valence-corrected chi connectivity index (χ2v) is 7.82. The third-order valence-electron chi connectivity index (χ3n) is 4.12. The van der Waals surface area contributed by atoms with E-state index in [0.29, 0.717) is 38.4 Å². The minimum atomic E-state index is -0.821. The standard InChI is InChI=1S/C17H29N3O3/c1-13(2)14-10-18-20(11-14)12-17(22)6-8-19(9-7-17)15(21)23-16(3,4)5/h10-11,13,22H,6-9,12H2,1-5H3. The van der Waals surface area contributed by atoms with Gasteiger partial charge in [0.15, 0.2) is 0 Å². The van der Waals surface area contributed by atoms with Crippen molar-refractivity contribution in [1.82, 2.24) is 14.7 Å². The van der Waals surface area contributed by atoms with Crippen molar-refractivity contribution in [2.45, 2.75) is 71.1 Å². The van der Waals surface area contributed by atoms with Crippen molar-refractivity contribution in [2.75, 3.05) is 13.1 Å². The monoisotopic (exact) mass is 323 g/mol. The summed E-state index contributed by atoms with van der Waals surface area (Å²) in [5.41, 5.74) is -0.147. The molecule has 1 saturated heterocycles. The molecule has 0 aromatic carbocycles. The van der Waals surface area contributed by atoms with Gasteiger partial charge in [0.25, 0.3) is 0 Å². The fourth-order valence-electron chi connectivity index (χ4n) is 2.66. The lowest BCUT2D eigenvalue weighted by Crippen LogP contribution is -2.49. The van der Waals surface area contributed by atoms with Crippen molar-refractivity contribution < 1.29 is 14.6 Å². The molecule has 0 unspecified atom stereocenters. The van der Waals surface area contributed by atoms with Crippen molar-refractivity contribution in [2.24, 2.45) is 0 Å². The number of piperidine rings is 1. The Labute approximate surface area is 138 Å². The molecule has 1 N–H and O–H groups in total. The Morgan fingerprint density at radius 1 is 1.39 bits per heavy atom. The van der Waals surface area contributed by atoms with Crippen molar-refractivity contribution in [3.05, 3.63) is 18.0 Å². The number of amides is 1. The first-order chi connectivity index (χ1) is 10.6. The molecule has 2 heterocycles. The normalized spacial score (nSPS) is 18.3. The molecule has 1 fully saturated rings. The number of aliphatic hydroxyl groups is 1. The van der Waals surface area contributed by atoms with Gasteiger partial charge in [0.2, 0.25) is 0 Å². The molecule has 0 saturated carbocycles. The number of nitrogens with zero attached hydrogens (tertiary/aromatic N) is 3. The van der Waals surface area contributed by atoms with Crippen LogP contribution in [-0.2, 0) is 11.3 Å². The number of likely N-dealkylation sites (tertiary alicyclic amines) is 1. The predicted molar refractivity (Wildman–Crippen MR) is 88.3 cm³/mol. The van der Waals surface area contributed by atoms with E-state index in [2.05, 4.69) is 18.9 Å². The largest absolute Gasteiger partial charge is 0.444 e. The first kappa shape index (κ1) is 17.8. The van der Waals surface area contributed by atoms with Gasteiger partial charge in [-0.1, -0.05) is 13.8 Å². The first-order valence-electron chi connectivity index (χ1n) is 8.31. The molecule has 130 valence electrons. The van der Waals surface area contributed by atoms with Gasteiger partial charge in [-0.15, -0.1) is 0 Å². The second kappa shape index (κ2) is 6.51. The molecular formula is C17H29N3O3. The summed E-state index contributed by atoms with van der Waals surface area (Å²) in [6, 6.07) is 0. The van der Waals surface area contributed by atoms with Crippen molar-refractivity contribution in [1.29, 1.82) is 0 Å². The fourth-order valence-corrected chi connectivity index (χ4v) is 2.66. The van der Waals surface area contributed by atoms with Gasteiger partial charge in [-0.05, 0) is 45.1 Å². The van der Waals surface area contributed by atoms with E-state index in [1.807, 2.05) is 33.2 Å². The van der Waals surface area contributed by atoms with Crippen molar-refractivity contribution in [3.8, 4) is 0 Å². The molecule has 1 aliphatic heterocycles. The summed E-state index contributed by atoms with van der Waals surface area (Å²) in [5, 5.41) is 15.1. The summed E-state index contributed by atoms with van der Waals surface area (Å²) in [7, 11) is 0. The predicted octanol–water partition coefficient (Wildman–Crippen LogP) is 2.77. The average Bonchev–Trinajstić information content (AvgIpc) is 2.85. The maximum Gasteiger partial charge on any atom is 0.410 e. The Hall–Kier alpha value is -1.56. The average molecular weight is 323 g/mol. The quantitative estimate of drug-likeness (QED) is 0.929. The first-order valence-corrected chi connectivity index (χ1v) is 8.31. The molecule has 1 amide bonds. The van der Waals surface area contributed by atoms with Crippen LogP contribution in [0.25, 0.3) is 0 Å². The van der Waals surface area contributed by atoms with Gasteiger partial charge < -0.3 is 14.7 Å². The number of hydrogen-bond acceptors (Lipinski definition) is 4. The second-order valence-electron chi connectivity index (χ2n) is 7.82. The van der Waals surface area contributed by atoms with Crippen molar-refractivity contribution >= 4 is 6.09 Å². The van der Waals surface area contributed by atoms with Gasteiger partial charge in [0.1, 0.15) is 5.60 Å². The van der Waals surface area contributed by atoms with Crippen molar-refractivity contribution in [3.63, 3.8) is 0 Å². The van der Waals surface area contributed by atoms with E-state index in [0.717, 1.165) is 0 Å². The number of carbonyl (C=O) groups is 1. The van der Waals surface area contributed by atoms with Gasteiger partial charge in [-0.3, -0.25) is 4.68 Å². The van der Waals surface area contributed by atoms with Crippen LogP contribution in [0.2, 0.25) is 0 Å². The van der Waals surface area contributed by atoms with Crippen LogP contribution >= 0.6 is 0 Å². The maximum atomic E-state index is 12.1. The number of rotatable bonds is 3. The molecule has 1 aromatic heterocycles. The molecule has 23 heavy (non-hydrogen) atoms. The fraction of sp³-hybridized carbons (Fsp3) is 0.765. The Morgan fingerprint density at radius 2 is 2.00 bits per heavy atom. The van der Waals surface area contributed by atoms with E-state index in [-0.39, 0.29) is 6.09 Å². The van der Waals surface area contributed by atoms with Gasteiger partial charge in [0, 0.05) is 19.3 Å². The van der Waals surface area contributed by atoms with E-state index in [4.69, 9.17) is 4.74 Å². The Balaban J connectivity index is 1.90. The smallest absolute Gasteiger partial charge is 0.410 e. The molecule has 0 radical (unpaired) electrons. The van der Waals surface area contributed by atoms with Crippen LogP contribution in [0.5, 0.6) is 0 Å². The molecule has 0 atom stereocenters. The summed E-state index contributed by atoms with van der Waals surface area (Å²) in [6.45, 7) is 11.3. The number of ether oxygens (including phenoxy) is 1. The number of hydrogen-bond donors (Lipinski definition) is 1. The summed E-state index contributed by atoms with van der Waals surface area (Å²) in [4.78, 5) is 13.7. The van der Waals surface area contributed by atoms with Crippen LogP contribution in [-0.4, -0.2) is 50.2 Å². The highest BCUT2D eigenvalue weighted by molar-refractivity contribution is 5.68. The van der Waals surface area contributed by atoms with Gasteiger partial charge in [-0.25, -0.2) is 4.79 Å². The lowest BCUT2D eigenvalue weighted by molar-refractivity contribution is -0.0431. The van der Waals surface area contributed by atoms with Crippen LogP contribution in [0, 0.1) is 0 Å². The van der Waals surface area contributed by atoms with E-state index in [9.17, 15) is 9.90 Å². The third-order valence-corrected chi connectivity index (χ3v) is 4.12. The molecule has 6 heteroatoms. The zero-order chi connectivity index (χ0) is 17.3. The lowest BCUT2D eigenvalue weighted by Gasteiger charge is -2.38. The number of aromatic nitrogens is 2. The molecule has 0 aliphatic carbocycles. The van der Waals surface area contributed by atoms with Gasteiger partial charge in [-0.2, -0.15) is 5.10 Å². The van der Waals surface area contributed by atoms with Gasteiger partial charge in [0.05, 0.1) is 18.3 Å². The van der Waals surface area contributed by atoms with Crippen LogP contribution in [0.3, 0.4) is 0 Å². The highest BCUT2D eigenvalue weighted by Gasteiger charge is 2.36. The molecule has 2 rings (SSSR count). The van der Waals surface area contributed by atoms with E-state index < -0.39 is 11.2 Å². The highest BCUT2D eigenvalue weighted by Crippen LogP contribution is 2.25. The summed E-state index contributed by atoms with van der Waals surface area (Å²) < 4.78 is 7.19. The SMILES string of the molecule is CC(C)c1cnn(CC2(O)CCN(C(=O)OC(C)(C)C)CC2)c1. The third kappa shape index (κ3) is 4.96. The summed E-state index contributed by atoms with van der Waals surface area (Å²) in [6.07, 6.45) is 4.60. The van der Waals surface area contributed by atoms with Gasteiger partial charge >= 0.3 is 6.09 Å². The molecule has 6 nitrogen and oxygen atoms in total. The molecule has 1 aromatic rings. The van der Waals surface area contributed by atoms with Crippen LogP contribution < -0.4 is 0 Å². The van der Waals surface area contributed by atoms with Crippen LogP contribution in [0.1, 0.15) is 58.9 Å². The Kier molecular flexibility index (Phi) is 5.04. The van der Waals surface area contributed by atoms with Crippen LogP contribution in [0.4, 0.5) is 4.79 Å². The maximum absolute atomic E-state index is 12.1. The van der Waals surface area contributed by atoms with E-state index in [1.165, 1.54) is 5.56 Å². The summed E-state index contributed by atoms with van der Waals surface area (Å²) >= 11 is 0. The van der Waals surface area contributed by atoms with E-state index >= 15 is 0 Å². The van der Waals surface area contributed by atoms with Crippen LogP contribution in [0.15, 0.2) is 12.4 Å². The van der Waals surface area contributed by atoms with E-state index in [1.54, 1.807) is 9.58 Å². The minimum Gasteiger partial charge on any atom is -0.444 e. The topological polar surface area (TPSA) is 67.6 Å². The Morgan fingerprint density at radius 3 is 2.48 bits per heavy atom.